The summed E-state index contributed by atoms with van der Waals surface area (Å²) < 4.78 is 0. The van der Waals surface area contributed by atoms with Crippen LogP contribution in [0, 0.1) is 27.7 Å². The summed E-state index contributed by atoms with van der Waals surface area (Å²) in [5.41, 5.74) is 9.50. The molecule has 4 aromatic rings. The van der Waals surface area contributed by atoms with Gasteiger partial charge in [-0.1, -0.05) is 71.8 Å². The third kappa shape index (κ3) is 4.33. The summed E-state index contributed by atoms with van der Waals surface area (Å²) in [6, 6.07) is 26.3. The summed E-state index contributed by atoms with van der Waals surface area (Å²) in [6.07, 6.45) is 3.91. The van der Waals surface area contributed by atoms with Crippen LogP contribution >= 0.6 is 0 Å². The minimum Gasteiger partial charge on any atom is -0.260 e. The van der Waals surface area contributed by atoms with Gasteiger partial charge >= 0.3 is 0 Å². The van der Waals surface area contributed by atoms with Gasteiger partial charge in [-0.15, -0.1) is 0 Å². The van der Waals surface area contributed by atoms with Gasteiger partial charge in [0.15, 0.2) is 0 Å². The molecule has 0 amide bonds. The van der Waals surface area contributed by atoms with E-state index in [1.807, 2.05) is 12.4 Å². The minimum absolute atomic E-state index is 0.0246. The molecule has 0 saturated heterocycles. The molecule has 0 spiro atoms. The average Bonchev–Trinajstić information content (AvgIpc) is 2.75. The van der Waals surface area contributed by atoms with Gasteiger partial charge in [-0.05, 0) is 62.1 Å². The average molecular weight is 393 g/mol. The molecule has 0 aliphatic heterocycles. The van der Waals surface area contributed by atoms with E-state index in [0.717, 1.165) is 22.5 Å². The topological polar surface area (TPSA) is 25.8 Å². The Morgan fingerprint density at radius 1 is 0.433 bits per heavy atom. The van der Waals surface area contributed by atoms with E-state index in [-0.39, 0.29) is 11.8 Å². The van der Waals surface area contributed by atoms with Gasteiger partial charge in [-0.2, -0.15) is 0 Å². The highest BCUT2D eigenvalue weighted by molar-refractivity contribution is 5.43. The van der Waals surface area contributed by atoms with Crippen molar-refractivity contribution in [3.8, 4) is 0 Å². The molecule has 0 radical (unpaired) electrons. The van der Waals surface area contributed by atoms with E-state index in [0.29, 0.717) is 0 Å². The predicted octanol–water partition coefficient (Wildman–Crippen LogP) is 6.67. The fourth-order valence-corrected chi connectivity index (χ4v) is 3.94. The molecule has 2 nitrogen and oxygen atoms in total. The first-order chi connectivity index (χ1) is 14.5. The highest BCUT2D eigenvalue weighted by atomic mass is 14.7. The summed E-state index contributed by atoms with van der Waals surface area (Å²) in [5, 5.41) is 0. The molecule has 0 unspecified atom stereocenters. The number of rotatable bonds is 5. The third-order valence-corrected chi connectivity index (χ3v) is 5.71. The minimum atomic E-state index is 0.0246. The Labute approximate surface area is 179 Å². The number of hydrogen-bond donors (Lipinski definition) is 0. The van der Waals surface area contributed by atoms with Gasteiger partial charge in [-0.25, -0.2) is 0 Å². The maximum Gasteiger partial charge on any atom is 0.0545 e. The van der Waals surface area contributed by atoms with E-state index >= 15 is 0 Å². The molecular weight excluding hydrogens is 364 g/mol. The van der Waals surface area contributed by atoms with E-state index in [4.69, 9.17) is 9.97 Å². The molecule has 0 bridgehead atoms. The molecular formula is C28H28N2. The third-order valence-electron chi connectivity index (χ3n) is 5.71. The quantitative estimate of drug-likeness (QED) is 0.379. The monoisotopic (exact) mass is 392 g/mol. The second-order valence-corrected chi connectivity index (χ2v) is 8.30. The van der Waals surface area contributed by atoms with Crippen LogP contribution in [0.3, 0.4) is 0 Å². The second kappa shape index (κ2) is 8.62. The van der Waals surface area contributed by atoms with Gasteiger partial charge in [0.1, 0.15) is 0 Å². The van der Waals surface area contributed by atoms with Gasteiger partial charge in [0.05, 0.1) is 17.3 Å². The first-order valence-corrected chi connectivity index (χ1v) is 10.5. The maximum absolute atomic E-state index is 4.84. The Kier molecular flexibility index (Phi) is 5.76. The van der Waals surface area contributed by atoms with Crippen LogP contribution in [0.4, 0.5) is 0 Å². The van der Waals surface area contributed by atoms with E-state index < -0.39 is 0 Å². The largest absolute Gasteiger partial charge is 0.260 e. The van der Waals surface area contributed by atoms with Gasteiger partial charge in [0.25, 0.3) is 0 Å². The summed E-state index contributed by atoms with van der Waals surface area (Å²) in [7, 11) is 0. The van der Waals surface area contributed by atoms with E-state index in [2.05, 4.69) is 100 Å². The predicted molar refractivity (Wildman–Crippen MR) is 124 cm³/mol. The number of pyridine rings is 2. The summed E-state index contributed by atoms with van der Waals surface area (Å²) in [5.74, 6) is 0.147. The molecule has 2 aromatic carbocycles. The summed E-state index contributed by atoms with van der Waals surface area (Å²) >= 11 is 0. The smallest absolute Gasteiger partial charge is 0.0545 e. The lowest BCUT2D eigenvalue weighted by molar-refractivity contribution is 0.655. The number of aryl methyl sites for hydroxylation is 4. The van der Waals surface area contributed by atoms with Gasteiger partial charge < -0.3 is 0 Å². The molecule has 2 aromatic heterocycles. The molecule has 150 valence electrons. The summed E-state index contributed by atoms with van der Waals surface area (Å²) in [6.45, 7) is 8.41. The molecule has 30 heavy (non-hydrogen) atoms. The second-order valence-electron chi connectivity index (χ2n) is 8.30. The highest BCUT2D eigenvalue weighted by Crippen LogP contribution is 2.41. The standard InChI is InChI=1S/C28H28N2/c1-19-5-11-23(12-6-19)27(24-13-7-20(2)8-14-24)28(25-15-9-21(3)17-29-25)26-16-10-22(4)18-30-26/h5-18,27-28H,1-4H3. The fourth-order valence-electron chi connectivity index (χ4n) is 3.94. The number of benzene rings is 2. The molecule has 0 aliphatic carbocycles. The molecule has 0 aliphatic rings. The molecule has 0 atom stereocenters. The van der Waals surface area contributed by atoms with Crippen molar-refractivity contribution < 1.29 is 0 Å². The van der Waals surface area contributed by atoms with Crippen LogP contribution < -0.4 is 0 Å². The lowest BCUT2D eigenvalue weighted by Gasteiger charge is -2.28. The molecule has 4 rings (SSSR count). The molecule has 0 saturated carbocycles. The van der Waals surface area contributed by atoms with Crippen molar-refractivity contribution in [2.45, 2.75) is 39.5 Å². The van der Waals surface area contributed by atoms with E-state index in [1.165, 1.54) is 22.3 Å². The maximum atomic E-state index is 4.84. The zero-order valence-corrected chi connectivity index (χ0v) is 18.1. The SMILES string of the molecule is Cc1ccc(C(c2ccc(C)cc2)C(c2ccc(C)cn2)c2ccc(C)cn2)cc1. The van der Waals surface area contributed by atoms with Crippen molar-refractivity contribution in [1.29, 1.82) is 0 Å². The van der Waals surface area contributed by atoms with Crippen molar-refractivity contribution >= 4 is 0 Å². The Bertz CT molecular complexity index is 909. The molecule has 0 fully saturated rings. The first kappa shape index (κ1) is 20.0. The molecule has 0 N–H and O–H groups in total. The Morgan fingerprint density at radius 2 is 0.800 bits per heavy atom. The normalized spacial score (nSPS) is 11.3. The van der Waals surface area contributed by atoms with Crippen LogP contribution in [0.15, 0.2) is 85.2 Å². The van der Waals surface area contributed by atoms with Crippen LogP contribution in [0.25, 0.3) is 0 Å². The van der Waals surface area contributed by atoms with Crippen LogP contribution in [0.2, 0.25) is 0 Å². The van der Waals surface area contributed by atoms with Crippen LogP contribution in [-0.4, -0.2) is 9.97 Å². The number of hydrogen-bond acceptors (Lipinski definition) is 2. The fraction of sp³-hybridized carbons (Fsp3) is 0.214. The van der Waals surface area contributed by atoms with Gasteiger partial charge in [0, 0.05) is 18.3 Å². The van der Waals surface area contributed by atoms with E-state index in [9.17, 15) is 0 Å². The lowest BCUT2D eigenvalue weighted by Crippen LogP contribution is -2.17. The number of nitrogens with zero attached hydrogens (tertiary/aromatic N) is 2. The van der Waals surface area contributed by atoms with Crippen LogP contribution in [0.1, 0.15) is 56.6 Å². The van der Waals surface area contributed by atoms with Crippen molar-refractivity contribution in [3.05, 3.63) is 130 Å². The van der Waals surface area contributed by atoms with Crippen molar-refractivity contribution in [2.75, 3.05) is 0 Å². The van der Waals surface area contributed by atoms with Crippen molar-refractivity contribution in [3.63, 3.8) is 0 Å². The van der Waals surface area contributed by atoms with Crippen LogP contribution in [-0.2, 0) is 0 Å². The van der Waals surface area contributed by atoms with Gasteiger partial charge in [-0.3, -0.25) is 9.97 Å². The lowest BCUT2D eigenvalue weighted by atomic mass is 9.76. The Hall–Kier alpha value is -3.26. The summed E-state index contributed by atoms with van der Waals surface area (Å²) in [4.78, 5) is 9.69. The Morgan fingerprint density at radius 3 is 1.13 bits per heavy atom. The van der Waals surface area contributed by atoms with Crippen molar-refractivity contribution in [2.24, 2.45) is 0 Å². The molecule has 2 heterocycles. The first-order valence-electron chi connectivity index (χ1n) is 10.5. The number of aromatic nitrogens is 2. The zero-order valence-electron chi connectivity index (χ0n) is 18.1. The van der Waals surface area contributed by atoms with Crippen molar-refractivity contribution in [1.82, 2.24) is 9.97 Å². The Balaban J connectivity index is 1.93. The van der Waals surface area contributed by atoms with Crippen LogP contribution in [0.5, 0.6) is 0 Å². The molecule has 2 heteroatoms. The zero-order chi connectivity index (χ0) is 21.1. The highest BCUT2D eigenvalue weighted by Gasteiger charge is 2.30. The van der Waals surface area contributed by atoms with Gasteiger partial charge in [0.2, 0.25) is 0 Å². The van der Waals surface area contributed by atoms with E-state index in [1.54, 1.807) is 0 Å².